The number of anilines is 1. The fraction of sp³-hybridized carbons (Fsp3) is 0.588. The molecule has 1 aliphatic rings. The van der Waals surface area contributed by atoms with Gasteiger partial charge < -0.3 is 16.4 Å². The summed E-state index contributed by atoms with van der Waals surface area (Å²) in [6.07, 6.45) is 5.12. The zero-order valence-corrected chi connectivity index (χ0v) is 13.1. The molecule has 4 N–H and O–H groups in total. The Labute approximate surface area is 127 Å². The molecule has 4 nitrogen and oxygen atoms in total. The van der Waals surface area contributed by atoms with E-state index in [1.54, 1.807) is 0 Å². The SMILES string of the molecule is CC(N)c1cccc(NC(=O)NCC2CCCCC2C)c1. The van der Waals surface area contributed by atoms with Gasteiger partial charge in [0.1, 0.15) is 0 Å². The molecule has 1 aromatic rings. The van der Waals surface area contributed by atoms with Crippen molar-refractivity contribution in [2.75, 3.05) is 11.9 Å². The van der Waals surface area contributed by atoms with Crippen molar-refractivity contribution in [1.82, 2.24) is 5.32 Å². The zero-order chi connectivity index (χ0) is 15.2. The van der Waals surface area contributed by atoms with Crippen molar-refractivity contribution in [1.29, 1.82) is 0 Å². The molecule has 1 aromatic carbocycles. The summed E-state index contributed by atoms with van der Waals surface area (Å²) in [7, 11) is 0. The van der Waals surface area contributed by atoms with E-state index in [4.69, 9.17) is 5.73 Å². The summed E-state index contributed by atoms with van der Waals surface area (Å²) < 4.78 is 0. The molecule has 3 unspecified atom stereocenters. The summed E-state index contributed by atoms with van der Waals surface area (Å²) in [4.78, 5) is 12.0. The number of hydrogen-bond donors (Lipinski definition) is 3. The number of carbonyl (C=O) groups excluding carboxylic acids is 1. The molecule has 116 valence electrons. The molecule has 3 atom stereocenters. The predicted octanol–water partition coefficient (Wildman–Crippen LogP) is 3.65. The maximum absolute atomic E-state index is 12.0. The number of nitrogens with one attached hydrogen (secondary N) is 2. The lowest BCUT2D eigenvalue weighted by molar-refractivity contribution is 0.231. The molecule has 0 bridgehead atoms. The molecule has 0 heterocycles. The average Bonchev–Trinajstić information content (AvgIpc) is 2.46. The molecule has 0 aromatic heterocycles. The summed E-state index contributed by atoms with van der Waals surface area (Å²) >= 11 is 0. The highest BCUT2D eigenvalue weighted by molar-refractivity contribution is 5.89. The van der Waals surface area contributed by atoms with Gasteiger partial charge in [0.15, 0.2) is 0 Å². The lowest BCUT2D eigenvalue weighted by Gasteiger charge is -2.28. The third-order valence-electron chi connectivity index (χ3n) is 4.48. The highest BCUT2D eigenvalue weighted by atomic mass is 16.2. The van der Waals surface area contributed by atoms with E-state index in [-0.39, 0.29) is 12.1 Å². The van der Waals surface area contributed by atoms with Crippen LogP contribution < -0.4 is 16.4 Å². The van der Waals surface area contributed by atoms with E-state index >= 15 is 0 Å². The van der Waals surface area contributed by atoms with E-state index < -0.39 is 0 Å². The van der Waals surface area contributed by atoms with Gasteiger partial charge in [0, 0.05) is 18.3 Å². The Morgan fingerprint density at radius 3 is 2.86 bits per heavy atom. The first-order valence-corrected chi connectivity index (χ1v) is 7.96. The molecule has 0 saturated heterocycles. The number of rotatable bonds is 4. The molecule has 0 spiro atoms. The zero-order valence-electron chi connectivity index (χ0n) is 13.1. The van der Waals surface area contributed by atoms with Crippen LogP contribution in [0.3, 0.4) is 0 Å². The van der Waals surface area contributed by atoms with Crippen LogP contribution in [0.5, 0.6) is 0 Å². The highest BCUT2D eigenvalue weighted by Gasteiger charge is 2.21. The van der Waals surface area contributed by atoms with Crippen LogP contribution in [0.2, 0.25) is 0 Å². The topological polar surface area (TPSA) is 67.1 Å². The summed E-state index contributed by atoms with van der Waals surface area (Å²) in [5.74, 6) is 1.32. The summed E-state index contributed by atoms with van der Waals surface area (Å²) in [5.41, 5.74) is 7.67. The first-order chi connectivity index (χ1) is 10.1. The Bertz CT molecular complexity index is 473. The Morgan fingerprint density at radius 2 is 2.14 bits per heavy atom. The standard InChI is InChI=1S/C17H27N3O/c1-12-6-3-4-7-15(12)11-19-17(21)20-16-9-5-8-14(10-16)13(2)18/h5,8-10,12-13,15H,3-4,6-7,11,18H2,1-2H3,(H2,19,20,21). The second-order valence-electron chi connectivity index (χ2n) is 6.27. The second kappa shape index (κ2) is 7.46. The van der Waals surface area contributed by atoms with Crippen LogP contribution in [0, 0.1) is 11.8 Å². The monoisotopic (exact) mass is 289 g/mol. The lowest BCUT2D eigenvalue weighted by Crippen LogP contribution is -2.36. The van der Waals surface area contributed by atoms with E-state index in [2.05, 4.69) is 17.6 Å². The van der Waals surface area contributed by atoms with Gasteiger partial charge in [-0.1, -0.05) is 38.3 Å². The van der Waals surface area contributed by atoms with Crippen LogP contribution >= 0.6 is 0 Å². The first-order valence-electron chi connectivity index (χ1n) is 7.96. The van der Waals surface area contributed by atoms with Gasteiger partial charge in [-0.25, -0.2) is 4.79 Å². The van der Waals surface area contributed by atoms with Gasteiger partial charge in [0.2, 0.25) is 0 Å². The molecule has 21 heavy (non-hydrogen) atoms. The van der Waals surface area contributed by atoms with Crippen molar-refractivity contribution in [3.05, 3.63) is 29.8 Å². The van der Waals surface area contributed by atoms with Gasteiger partial charge in [-0.15, -0.1) is 0 Å². The van der Waals surface area contributed by atoms with Gasteiger partial charge in [0.25, 0.3) is 0 Å². The van der Waals surface area contributed by atoms with Gasteiger partial charge in [-0.3, -0.25) is 0 Å². The van der Waals surface area contributed by atoms with Crippen LogP contribution in [0.15, 0.2) is 24.3 Å². The number of carbonyl (C=O) groups is 1. The third-order valence-corrected chi connectivity index (χ3v) is 4.48. The third kappa shape index (κ3) is 4.74. The smallest absolute Gasteiger partial charge is 0.319 e. The van der Waals surface area contributed by atoms with E-state index in [1.807, 2.05) is 31.2 Å². The van der Waals surface area contributed by atoms with E-state index in [0.717, 1.165) is 17.8 Å². The minimum absolute atomic E-state index is 0.0297. The van der Waals surface area contributed by atoms with Gasteiger partial charge in [-0.2, -0.15) is 0 Å². The Kier molecular flexibility index (Phi) is 5.62. The fourth-order valence-electron chi connectivity index (χ4n) is 3.00. The maximum atomic E-state index is 12.0. The summed E-state index contributed by atoms with van der Waals surface area (Å²) in [6.45, 7) is 4.99. The predicted molar refractivity (Wildman–Crippen MR) is 87.2 cm³/mol. The normalized spacial score (nSPS) is 23.4. The van der Waals surface area contributed by atoms with Crippen LogP contribution in [-0.2, 0) is 0 Å². The van der Waals surface area contributed by atoms with Crippen LogP contribution in [-0.4, -0.2) is 12.6 Å². The highest BCUT2D eigenvalue weighted by Crippen LogP contribution is 2.28. The van der Waals surface area contributed by atoms with Crippen molar-refractivity contribution in [2.45, 2.75) is 45.6 Å². The molecule has 2 rings (SSSR count). The number of amides is 2. The fourth-order valence-corrected chi connectivity index (χ4v) is 3.00. The summed E-state index contributed by atoms with van der Waals surface area (Å²) in [5, 5.41) is 5.88. The van der Waals surface area contributed by atoms with Gasteiger partial charge >= 0.3 is 6.03 Å². The van der Waals surface area contributed by atoms with Crippen LogP contribution in [0.4, 0.5) is 10.5 Å². The molecule has 1 fully saturated rings. The van der Waals surface area contributed by atoms with E-state index in [0.29, 0.717) is 11.8 Å². The molecular formula is C17H27N3O. The van der Waals surface area contributed by atoms with Crippen molar-refractivity contribution in [2.24, 2.45) is 17.6 Å². The van der Waals surface area contributed by atoms with Gasteiger partial charge in [0.05, 0.1) is 0 Å². The lowest BCUT2D eigenvalue weighted by atomic mass is 9.80. The van der Waals surface area contributed by atoms with Crippen molar-refractivity contribution < 1.29 is 4.79 Å². The van der Waals surface area contributed by atoms with Crippen molar-refractivity contribution >= 4 is 11.7 Å². The summed E-state index contributed by atoms with van der Waals surface area (Å²) in [6, 6.07) is 7.53. The van der Waals surface area contributed by atoms with Crippen molar-refractivity contribution in [3.8, 4) is 0 Å². The Morgan fingerprint density at radius 1 is 1.38 bits per heavy atom. The molecule has 4 heteroatoms. The molecule has 0 aliphatic heterocycles. The number of benzene rings is 1. The molecule has 1 saturated carbocycles. The van der Waals surface area contributed by atoms with Gasteiger partial charge in [-0.05, 0) is 42.9 Å². The van der Waals surface area contributed by atoms with E-state index in [9.17, 15) is 4.79 Å². The maximum Gasteiger partial charge on any atom is 0.319 e. The number of urea groups is 1. The molecular weight excluding hydrogens is 262 g/mol. The second-order valence-corrected chi connectivity index (χ2v) is 6.27. The minimum atomic E-state index is -0.130. The molecule has 2 amide bonds. The minimum Gasteiger partial charge on any atom is -0.338 e. The van der Waals surface area contributed by atoms with Crippen LogP contribution in [0.25, 0.3) is 0 Å². The Balaban J connectivity index is 1.82. The average molecular weight is 289 g/mol. The first kappa shape index (κ1) is 15.8. The number of nitrogens with two attached hydrogens (primary N) is 1. The largest absolute Gasteiger partial charge is 0.338 e. The molecule has 0 radical (unpaired) electrons. The van der Waals surface area contributed by atoms with Crippen molar-refractivity contribution in [3.63, 3.8) is 0 Å². The number of hydrogen-bond acceptors (Lipinski definition) is 2. The molecule has 1 aliphatic carbocycles. The van der Waals surface area contributed by atoms with E-state index in [1.165, 1.54) is 25.7 Å². The van der Waals surface area contributed by atoms with Crippen LogP contribution in [0.1, 0.15) is 51.1 Å². The quantitative estimate of drug-likeness (QED) is 0.792. The Hall–Kier alpha value is -1.55.